The van der Waals surface area contributed by atoms with Crippen molar-refractivity contribution in [3.8, 4) is 11.1 Å². The molecule has 0 spiro atoms. The van der Waals surface area contributed by atoms with Crippen LogP contribution in [-0.2, 0) is 39.0 Å². The van der Waals surface area contributed by atoms with Crippen LogP contribution in [0, 0.1) is 6.92 Å². The molecule has 36 heavy (non-hydrogen) atoms. The predicted molar refractivity (Wildman–Crippen MR) is 142 cm³/mol. The quantitative estimate of drug-likeness (QED) is 0.354. The van der Waals surface area contributed by atoms with E-state index < -0.39 is 27.8 Å². The lowest BCUT2D eigenvalue weighted by atomic mass is 9.93. The van der Waals surface area contributed by atoms with Crippen molar-refractivity contribution in [2.45, 2.75) is 45.9 Å². The molecule has 0 saturated heterocycles. The minimum absolute atomic E-state index is 0.214. The van der Waals surface area contributed by atoms with Crippen LogP contribution in [0.1, 0.15) is 44.6 Å². The molecule has 2 N–H and O–H groups in total. The maximum absolute atomic E-state index is 13.2. The van der Waals surface area contributed by atoms with Crippen molar-refractivity contribution in [1.82, 2.24) is 5.32 Å². The van der Waals surface area contributed by atoms with Crippen molar-refractivity contribution in [2.24, 2.45) is 0 Å². The fraction of sp³-hybridized carbons (Fsp3) is 0.333. The average molecular weight is 530 g/mol. The third-order valence-corrected chi connectivity index (χ3v) is 7.90. The molecule has 0 saturated carbocycles. The molecule has 1 atom stereocenters. The second-order valence-electron chi connectivity index (χ2n) is 8.69. The molecule has 0 bridgehead atoms. The largest absolute Gasteiger partial charge is 0.480 e. The smallest absolute Gasteiger partial charge is 0.326 e. The Kier molecular flexibility index (Phi) is 9.42. The number of carboxylic acids is 1. The number of benzene rings is 2. The number of nitrogens with one attached hydrogen (secondary N) is 1. The van der Waals surface area contributed by atoms with Gasteiger partial charge in [-0.25, -0.2) is 13.2 Å². The lowest BCUT2D eigenvalue weighted by molar-refractivity contribution is -0.139. The lowest BCUT2D eigenvalue weighted by Gasteiger charge is -2.18. The van der Waals surface area contributed by atoms with Gasteiger partial charge in [-0.2, -0.15) is 0 Å². The Hall–Kier alpha value is -3.01. The molecule has 0 radical (unpaired) electrons. The van der Waals surface area contributed by atoms with Crippen molar-refractivity contribution in [3.63, 3.8) is 0 Å². The van der Waals surface area contributed by atoms with Crippen LogP contribution in [0.3, 0.4) is 0 Å². The van der Waals surface area contributed by atoms with Crippen molar-refractivity contribution in [1.29, 1.82) is 0 Å². The molecule has 7 nitrogen and oxygen atoms in total. The lowest BCUT2D eigenvalue weighted by Crippen LogP contribution is -2.42. The van der Waals surface area contributed by atoms with E-state index >= 15 is 0 Å². The van der Waals surface area contributed by atoms with Crippen molar-refractivity contribution >= 4 is 33.1 Å². The summed E-state index contributed by atoms with van der Waals surface area (Å²) < 4.78 is 28.9. The van der Waals surface area contributed by atoms with Crippen molar-refractivity contribution in [3.05, 3.63) is 81.0 Å². The highest BCUT2D eigenvalue weighted by atomic mass is 32.2. The molecule has 9 heteroatoms. The van der Waals surface area contributed by atoms with E-state index in [9.17, 15) is 23.1 Å². The third kappa shape index (κ3) is 7.74. The average Bonchev–Trinajstić information content (AvgIpc) is 3.29. The van der Waals surface area contributed by atoms with E-state index in [1.165, 1.54) is 4.88 Å². The summed E-state index contributed by atoms with van der Waals surface area (Å²) >= 11 is 1.73. The SMILES string of the molecule is CCc1ccc(COCc2ccc(C(=O)NC(CCS(C)(=O)=O)C(=O)O)c(-c3ccccc3C)c2)s1. The van der Waals surface area contributed by atoms with Crippen LogP contribution in [0.15, 0.2) is 54.6 Å². The summed E-state index contributed by atoms with van der Waals surface area (Å²) in [6.07, 6.45) is 1.81. The fourth-order valence-electron chi connectivity index (χ4n) is 3.76. The molecule has 0 aliphatic carbocycles. The number of ether oxygens (including phenoxy) is 1. The van der Waals surface area contributed by atoms with E-state index in [0.29, 0.717) is 24.3 Å². The minimum Gasteiger partial charge on any atom is -0.480 e. The first-order valence-electron chi connectivity index (χ1n) is 11.6. The van der Waals surface area contributed by atoms with Crippen LogP contribution in [0.2, 0.25) is 0 Å². The first kappa shape index (κ1) is 27.6. The Bertz CT molecular complexity index is 1330. The predicted octanol–water partition coefficient (Wildman–Crippen LogP) is 4.62. The first-order valence-corrected chi connectivity index (χ1v) is 14.5. The van der Waals surface area contributed by atoms with Gasteiger partial charge >= 0.3 is 5.97 Å². The first-order chi connectivity index (χ1) is 17.1. The van der Waals surface area contributed by atoms with Crippen LogP contribution in [0.4, 0.5) is 0 Å². The summed E-state index contributed by atoms with van der Waals surface area (Å²) in [5.74, 6) is -2.20. The van der Waals surface area contributed by atoms with Crippen LogP contribution in [-0.4, -0.2) is 43.5 Å². The van der Waals surface area contributed by atoms with E-state index in [1.807, 2.05) is 37.3 Å². The standard InChI is InChI=1S/C27H31NO6S2/c1-4-20-10-11-21(35-20)17-34-16-19-9-12-23(24(15-19)22-8-6-5-7-18(22)2)26(29)28-25(27(30)31)13-14-36(3,32)33/h5-12,15,25H,4,13-14,16-17H2,1-3H3,(H,28,29)(H,30,31). The zero-order valence-electron chi connectivity index (χ0n) is 20.6. The number of sulfone groups is 1. The number of carboxylic acid groups (broad SMARTS) is 1. The zero-order valence-corrected chi connectivity index (χ0v) is 22.2. The summed E-state index contributed by atoms with van der Waals surface area (Å²) in [6.45, 7) is 4.90. The molecule has 0 fully saturated rings. The number of rotatable bonds is 12. The topological polar surface area (TPSA) is 110 Å². The normalized spacial score (nSPS) is 12.3. The van der Waals surface area contributed by atoms with Gasteiger partial charge in [0.2, 0.25) is 0 Å². The number of carbonyl (C=O) groups excluding carboxylic acids is 1. The highest BCUT2D eigenvalue weighted by Gasteiger charge is 2.24. The number of amides is 1. The van der Waals surface area contributed by atoms with Gasteiger partial charge in [-0.15, -0.1) is 11.3 Å². The van der Waals surface area contributed by atoms with Gasteiger partial charge in [0.05, 0.1) is 19.0 Å². The molecule has 1 aromatic heterocycles. The van der Waals surface area contributed by atoms with Gasteiger partial charge in [0.25, 0.3) is 5.91 Å². The van der Waals surface area contributed by atoms with Crippen LogP contribution >= 0.6 is 11.3 Å². The number of carbonyl (C=O) groups is 2. The molecule has 0 aliphatic rings. The summed E-state index contributed by atoms with van der Waals surface area (Å²) in [6, 6.07) is 15.8. The number of hydrogen-bond acceptors (Lipinski definition) is 6. The monoisotopic (exact) mass is 529 g/mol. The van der Waals surface area contributed by atoms with Gasteiger partial charge < -0.3 is 15.2 Å². The fourth-order valence-corrected chi connectivity index (χ4v) is 5.32. The van der Waals surface area contributed by atoms with Gasteiger partial charge in [-0.05, 0) is 66.3 Å². The Morgan fingerprint density at radius 3 is 2.39 bits per heavy atom. The van der Waals surface area contributed by atoms with E-state index in [2.05, 4.69) is 24.4 Å². The van der Waals surface area contributed by atoms with Gasteiger partial charge in [0, 0.05) is 21.6 Å². The number of aliphatic carboxylic acids is 1. The summed E-state index contributed by atoms with van der Waals surface area (Å²) in [4.78, 5) is 27.3. The summed E-state index contributed by atoms with van der Waals surface area (Å²) in [7, 11) is -3.37. The Morgan fingerprint density at radius 2 is 1.75 bits per heavy atom. The molecule has 3 aromatic rings. The van der Waals surface area contributed by atoms with Crippen LogP contribution in [0.5, 0.6) is 0 Å². The third-order valence-electron chi connectivity index (χ3n) is 5.72. The van der Waals surface area contributed by atoms with E-state index in [1.54, 1.807) is 23.5 Å². The second kappa shape index (κ2) is 12.3. The number of aryl methyl sites for hydroxylation is 2. The molecular formula is C27H31NO6S2. The minimum atomic E-state index is -3.37. The van der Waals surface area contributed by atoms with E-state index in [0.717, 1.165) is 34.2 Å². The van der Waals surface area contributed by atoms with Crippen LogP contribution < -0.4 is 5.32 Å². The zero-order chi connectivity index (χ0) is 26.3. The number of hydrogen-bond donors (Lipinski definition) is 2. The molecule has 2 aromatic carbocycles. The van der Waals surface area contributed by atoms with E-state index in [4.69, 9.17) is 4.74 Å². The molecule has 0 aliphatic heterocycles. The molecule has 1 unspecified atom stereocenters. The molecule has 192 valence electrons. The van der Waals surface area contributed by atoms with Gasteiger partial charge in [-0.1, -0.05) is 37.3 Å². The van der Waals surface area contributed by atoms with Gasteiger partial charge in [0.15, 0.2) is 0 Å². The van der Waals surface area contributed by atoms with Gasteiger partial charge in [-0.3, -0.25) is 4.79 Å². The Labute approximate surface area is 216 Å². The Morgan fingerprint density at radius 1 is 1.03 bits per heavy atom. The second-order valence-corrected chi connectivity index (χ2v) is 12.2. The maximum atomic E-state index is 13.2. The molecule has 3 rings (SSSR count). The number of thiophene rings is 1. The summed E-state index contributed by atoms with van der Waals surface area (Å²) in [5, 5.41) is 12.0. The van der Waals surface area contributed by atoms with E-state index in [-0.39, 0.29) is 12.2 Å². The van der Waals surface area contributed by atoms with Crippen LogP contribution in [0.25, 0.3) is 11.1 Å². The molecular weight excluding hydrogens is 498 g/mol. The van der Waals surface area contributed by atoms with Crippen molar-refractivity contribution in [2.75, 3.05) is 12.0 Å². The highest BCUT2D eigenvalue weighted by Crippen LogP contribution is 2.29. The maximum Gasteiger partial charge on any atom is 0.326 e. The Balaban J connectivity index is 1.84. The molecule has 1 amide bonds. The summed E-state index contributed by atoms with van der Waals surface area (Å²) in [5.41, 5.74) is 3.65. The molecule has 1 heterocycles. The van der Waals surface area contributed by atoms with Gasteiger partial charge in [0.1, 0.15) is 15.9 Å². The highest BCUT2D eigenvalue weighted by molar-refractivity contribution is 7.90. The van der Waals surface area contributed by atoms with Crippen molar-refractivity contribution < 1.29 is 27.9 Å².